The fraction of sp³-hybridized carbons (Fsp3) is 0.667. The summed E-state index contributed by atoms with van der Waals surface area (Å²) in [5.41, 5.74) is 4.74. The molecule has 1 fully saturated rings. The summed E-state index contributed by atoms with van der Waals surface area (Å²) in [5.74, 6) is 0.0729. The molecule has 0 amide bonds. The Morgan fingerprint density at radius 1 is 1.43 bits per heavy atom. The minimum Gasteiger partial charge on any atom is -0.387 e. The van der Waals surface area contributed by atoms with E-state index in [9.17, 15) is 15.0 Å². The molecule has 118 valence electrons. The number of nitrogens with two attached hydrogens (primary N) is 1. The summed E-state index contributed by atoms with van der Waals surface area (Å²) in [6, 6.07) is 1.41. The van der Waals surface area contributed by atoms with Gasteiger partial charge in [0.2, 0.25) is 0 Å². The molecule has 1 aromatic heterocycles. The van der Waals surface area contributed by atoms with Gasteiger partial charge in [-0.25, -0.2) is 4.79 Å². The van der Waals surface area contributed by atoms with E-state index in [2.05, 4.69) is 4.98 Å². The number of aliphatic hydroxyl groups is 2. The van der Waals surface area contributed by atoms with Gasteiger partial charge in [0.25, 0.3) is 0 Å². The van der Waals surface area contributed by atoms with Crippen molar-refractivity contribution in [3.8, 4) is 0 Å². The fourth-order valence-corrected chi connectivity index (χ4v) is 2.06. The molecule has 4 N–H and O–H groups in total. The normalized spacial score (nSPS) is 28.9. The zero-order chi connectivity index (χ0) is 15.4. The van der Waals surface area contributed by atoms with E-state index in [1.54, 1.807) is 7.11 Å². The molecule has 2 heterocycles. The van der Waals surface area contributed by atoms with E-state index in [1.165, 1.54) is 12.3 Å². The van der Waals surface area contributed by atoms with E-state index >= 15 is 0 Å². The van der Waals surface area contributed by atoms with Crippen LogP contribution in [0.2, 0.25) is 0 Å². The zero-order valence-corrected chi connectivity index (χ0v) is 11.6. The number of methoxy groups -OCH3 is 1. The van der Waals surface area contributed by atoms with Gasteiger partial charge in [-0.15, -0.1) is 0 Å². The summed E-state index contributed by atoms with van der Waals surface area (Å²) < 4.78 is 16.7. The molecule has 1 saturated heterocycles. The second-order valence-corrected chi connectivity index (χ2v) is 4.66. The second kappa shape index (κ2) is 6.96. The molecule has 9 heteroatoms. The number of nitrogen functional groups attached to an aromatic ring is 1. The lowest BCUT2D eigenvalue weighted by atomic mass is 10.1. The van der Waals surface area contributed by atoms with Gasteiger partial charge in [-0.3, -0.25) is 4.57 Å². The minimum absolute atomic E-state index is 0.0729. The molecule has 2 rings (SSSR count). The molecule has 0 radical (unpaired) electrons. The Labute approximate surface area is 120 Å². The monoisotopic (exact) mass is 301 g/mol. The van der Waals surface area contributed by atoms with Gasteiger partial charge < -0.3 is 30.2 Å². The molecule has 0 aromatic carbocycles. The molecule has 0 unspecified atom stereocenters. The second-order valence-electron chi connectivity index (χ2n) is 4.66. The van der Waals surface area contributed by atoms with E-state index in [0.717, 1.165) is 4.57 Å². The number of hydrogen-bond donors (Lipinski definition) is 3. The highest BCUT2D eigenvalue weighted by Gasteiger charge is 2.44. The van der Waals surface area contributed by atoms with E-state index in [-0.39, 0.29) is 12.4 Å². The first-order valence-corrected chi connectivity index (χ1v) is 6.47. The molecular formula is C12H19N3O6. The van der Waals surface area contributed by atoms with Crippen molar-refractivity contribution in [2.75, 3.05) is 32.7 Å². The molecule has 0 aliphatic carbocycles. The Morgan fingerprint density at radius 3 is 2.86 bits per heavy atom. The van der Waals surface area contributed by atoms with Crippen molar-refractivity contribution in [1.29, 1.82) is 0 Å². The maximum absolute atomic E-state index is 11.7. The number of hydrogen-bond acceptors (Lipinski definition) is 8. The van der Waals surface area contributed by atoms with E-state index in [0.29, 0.717) is 13.2 Å². The maximum Gasteiger partial charge on any atom is 0.351 e. The van der Waals surface area contributed by atoms with Crippen molar-refractivity contribution in [3.05, 3.63) is 22.7 Å². The van der Waals surface area contributed by atoms with Crippen molar-refractivity contribution in [2.24, 2.45) is 0 Å². The number of anilines is 1. The van der Waals surface area contributed by atoms with E-state index < -0.39 is 30.2 Å². The number of ether oxygens (including phenoxy) is 3. The molecular weight excluding hydrogens is 282 g/mol. The Kier molecular flexibility index (Phi) is 5.26. The van der Waals surface area contributed by atoms with Crippen LogP contribution in [0.5, 0.6) is 0 Å². The van der Waals surface area contributed by atoms with Crippen LogP contribution in [-0.2, 0) is 14.2 Å². The predicted molar refractivity (Wildman–Crippen MR) is 71.5 cm³/mol. The quantitative estimate of drug-likeness (QED) is 0.520. The van der Waals surface area contributed by atoms with Gasteiger partial charge in [0, 0.05) is 13.3 Å². The highest BCUT2D eigenvalue weighted by atomic mass is 16.6. The number of aliphatic hydroxyl groups excluding tert-OH is 2. The molecule has 0 spiro atoms. The van der Waals surface area contributed by atoms with Crippen LogP contribution in [0.25, 0.3) is 0 Å². The minimum atomic E-state index is -1.26. The van der Waals surface area contributed by atoms with Crippen molar-refractivity contribution < 1.29 is 24.4 Å². The molecule has 21 heavy (non-hydrogen) atoms. The van der Waals surface area contributed by atoms with Crippen LogP contribution in [0.1, 0.15) is 6.23 Å². The third kappa shape index (κ3) is 3.57. The third-order valence-corrected chi connectivity index (χ3v) is 3.18. The van der Waals surface area contributed by atoms with Crippen molar-refractivity contribution in [3.63, 3.8) is 0 Å². The lowest BCUT2D eigenvalue weighted by molar-refractivity contribution is -0.0724. The standard InChI is InChI=1S/C12H19N3O6/c1-19-4-5-20-6-7-9(16)10(17)11(21-7)15-3-2-8(13)14-12(15)18/h2-3,7,9-11,16-17H,4-6H2,1H3,(H2,13,14,18)/t7-,9-,10-,11-/m1/s1. The Balaban J connectivity index is 2.03. The Hall–Kier alpha value is -1.52. The van der Waals surface area contributed by atoms with Crippen LogP contribution >= 0.6 is 0 Å². The van der Waals surface area contributed by atoms with Gasteiger partial charge >= 0.3 is 5.69 Å². The highest BCUT2D eigenvalue weighted by Crippen LogP contribution is 2.28. The van der Waals surface area contributed by atoms with Crippen molar-refractivity contribution in [2.45, 2.75) is 24.5 Å². The van der Waals surface area contributed by atoms with Gasteiger partial charge in [0.15, 0.2) is 6.23 Å². The Bertz CT molecular complexity index is 522. The fourth-order valence-electron chi connectivity index (χ4n) is 2.06. The predicted octanol–water partition coefficient (Wildman–Crippen LogP) is -1.89. The summed E-state index contributed by atoms with van der Waals surface area (Å²) in [7, 11) is 1.55. The summed E-state index contributed by atoms with van der Waals surface area (Å²) in [5, 5.41) is 19.9. The lowest BCUT2D eigenvalue weighted by Crippen LogP contribution is -2.36. The smallest absolute Gasteiger partial charge is 0.351 e. The molecule has 1 aromatic rings. The lowest BCUT2D eigenvalue weighted by Gasteiger charge is -2.16. The van der Waals surface area contributed by atoms with Gasteiger partial charge in [-0.05, 0) is 6.07 Å². The summed E-state index contributed by atoms with van der Waals surface area (Å²) in [6.07, 6.45) is -2.84. The first kappa shape index (κ1) is 15.9. The molecule has 9 nitrogen and oxygen atoms in total. The third-order valence-electron chi connectivity index (χ3n) is 3.18. The van der Waals surface area contributed by atoms with Crippen LogP contribution in [0.15, 0.2) is 17.1 Å². The number of aromatic nitrogens is 2. The SMILES string of the molecule is COCCOC[C@H]1O[C@@H](n2ccc(N)nc2=O)[C@H](O)[C@@H]1O. The van der Waals surface area contributed by atoms with E-state index in [4.69, 9.17) is 19.9 Å². The maximum atomic E-state index is 11.7. The molecule has 0 bridgehead atoms. The highest BCUT2D eigenvalue weighted by molar-refractivity contribution is 5.23. The van der Waals surface area contributed by atoms with E-state index in [1.807, 2.05) is 0 Å². The summed E-state index contributed by atoms with van der Waals surface area (Å²) in [4.78, 5) is 15.3. The van der Waals surface area contributed by atoms with Gasteiger partial charge in [-0.1, -0.05) is 0 Å². The van der Waals surface area contributed by atoms with Crippen LogP contribution in [0.3, 0.4) is 0 Å². The van der Waals surface area contributed by atoms with Crippen molar-refractivity contribution in [1.82, 2.24) is 9.55 Å². The Morgan fingerprint density at radius 2 is 2.19 bits per heavy atom. The zero-order valence-electron chi connectivity index (χ0n) is 11.6. The molecule has 4 atom stereocenters. The first-order valence-electron chi connectivity index (χ1n) is 6.47. The van der Waals surface area contributed by atoms with Crippen LogP contribution in [0, 0.1) is 0 Å². The summed E-state index contributed by atoms with van der Waals surface area (Å²) >= 11 is 0. The largest absolute Gasteiger partial charge is 0.387 e. The average Bonchev–Trinajstić information content (AvgIpc) is 2.72. The first-order chi connectivity index (χ1) is 10.0. The molecule has 1 aliphatic rings. The average molecular weight is 301 g/mol. The number of rotatable bonds is 6. The van der Waals surface area contributed by atoms with Crippen LogP contribution < -0.4 is 11.4 Å². The van der Waals surface area contributed by atoms with Gasteiger partial charge in [0.05, 0.1) is 19.8 Å². The van der Waals surface area contributed by atoms with Crippen molar-refractivity contribution >= 4 is 5.82 Å². The molecule has 0 saturated carbocycles. The van der Waals surface area contributed by atoms with Gasteiger partial charge in [-0.2, -0.15) is 4.98 Å². The van der Waals surface area contributed by atoms with Crippen LogP contribution in [-0.4, -0.2) is 65.0 Å². The topological polar surface area (TPSA) is 129 Å². The van der Waals surface area contributed by atoms with Crippen LogP contribution in [0.4, 0.5) is 5.82 Å². The summed E-state index contributed by atoms with van der Waals surface area (Å²) in [6.45, 7) is 0.832. The number of nitrogens with zero attached hydrogens (tertiary/aromatic N) is 2. The molecule has 1 aliphatic heterocycles. The van der Waals surface area contributed by atoms with Gasteiger partial charge in [0.1, 0.15) is 24.1 Å².